The molecule has 5 rings (SSSR count). The van der Waals surface area contributed by atoms with Crippen molar-refractivity contribution in [1.82, 2.24) is 4.98 Å². The van der Waals surface area contributed by atoms with Gasteiger partial charge in [0.15, 0.2) is 5.75 Å². The number of methoxy groups -OCH3 is 1. The first-order valence-electron chi connectivity index (χ1n) is 14.8. The molecule has 0 unspecified atom stereocenters. The lowest BCUT2D eigenvalue weighted by atomic mass is 9.86. The quantitative estimate of drug-likeness (QED) is 0.0958. The van der Waals surface area contributed by atoms with Gasteiger partial charge in [-0.15, -0.1) is 0 Å². The molecule has 0 atom stereocenters. The molecule has 0 fully saturated rings. The van der Waals surface area contributed by atoms with Gasteiger partial charge in [-0.2, -0.15) is 0 Å². The lowest BCUT2D eigenvalue weighted by Gasteiger charge is -2.24. The molecular weight excluding hydrogens is 670 g/mol. The summed E-state index contributed by atoms with van der Waals surface area (Å²) in [7, 11) is -2.25. The Morgan fingerprint density at radius 1 is 0.878 bits per heavy atom. The standard InChI is InChI=1S/C35H34ClN5O7S/c1-35(2,3)20-16-28(32(47-4)29(17-20)41-49(5,45)46)40-34(44)39-27-12-13-30(24-9-7-6-8-23(24)27)48-22-14-15-37-31(19-22)38-21-10-11-25(33(42)43)26(36)18-21/h6-19,41H,1-5H3,(H,37,38)(H,42,43)(H2,39,40,44). The SMILES string of the molecule is COc1c(NC(=O)Nc2ccc(Oc3ccnc(Nc4ccc(C(=O)O)c(Cl)c4)c3)c3ccccc23)cc(C(C)(C)C)cc1NS(C)(=O)=O. The van der Waals surface area contributed by atoms with Crippen LogP contribution in [0.5, 0.6) is 17.2 Å². The Labute approximate surface area is 288 Å². The van der Waals surface area contributed by atoms with Crippen molar-refractivity contribution in [2.45, 2.75) is 26.2 Å². The number of benzene rings is 4. The summed E-state index contributed by atoms with van der Waals surface area (Å²) >= 11 is 6.11. The molecular formula is C35H34ClN5O7S. The smallest absolute Gasteiger partial charge is 0.337 e. The van der Waals surface area contributed by atoms with Crippen molar-refractivity contribution in [3.8, 4) is 17.2 Å². The van der Waals surface area contributed by atoms with E-state index in [0.29, 0.717) is 34.1 Å². The van der Waals surface area contributed by atoms with Crippen molar-refractivity contribution < 1.29 is 32.6 Å². The van der Waals surface area contributed by atoms with Crippen molar-refractivity contribution >= 4 is 73.0 Å². The molecule has 5 aromatic rings. The number of hydrogen-bond acceptors (Lipinski definition) is 8. The number of sulfonamides is 1. The molecule has 0 aliphatic rings. The van der Waals surface area contributed by atoms with Gasteiger partial charge < -0.3 is 30.5 Å². The van der Waals surface area contributed by atoms with Gasteiger partial charge in [0, 0.05) is 28.7 Å². The molecule has 4 aromatic carbocycles. The van der Waals surface area contributed by atoms with Crippen LogP contribution in [0.25, 0.3) is 10.8 Å². The number of halogens is 1. The Morgan fingerprint density at radius 2 is 1.57 bits per heavy atom. The molecule has 0 saturated carbocycles. The van der Waals surface area contributed by atoms with Crippen molar-refractivity contribution in [3.63, 3.8) is 0 Å². The van der Waals surface area contributed by atoms with Gasteiger partial charge in [0.25, 0.3) is 0 Å². The summed E-state index contributed by atoms with van der Waals surface area (Å²) < 4.78 is 38.4. The van der Waals surface area contributed by atoms with E-state index in [2.05, 4.69) is 25.7 Å². The van der Waals surface area contributed by atoms with E-state index in [-0.39, 0.29) is 33.1 Å². The lowest BCUT2D eigenvalue weighted by Crippen LogP contribution is -2.22. The zero-order valence-corrected chi connectivity index (χ0v) is 28.8. The molecule has 14 heteroatoms. The van der Waals surface area contributed by atoms with Crippen LogP contribution in [0, 0.1) is 0 Å². The second-order valence-electron chi connectivity index (χ2n) is 12.1. The number of carbonyl (C=O) groups is 2. The Morgan fingerprint density at radius 3 is 2.22 bits per heavy atom. The van der Waals surface area contributed by atoms with Crippen molar-refractivity contribution in [2.75, 3.05) is 34.0 Å². The van der Waals surface area contributed by atoms with Crippen LogP contribution in [0.2, 0.25) is 5.02 Å². The summed E-state index contributed by atoms with van der Waals surface area (Å²) in [5, 5.41) is 19.5. The van der Waals surface area contributed by atoms with Crippen LogP contribution < -0.4 is 30.1 Å². The predicted octanol–water partition coefficient (Wildman–Crippen LogP) is 8.44. The van der Waals surface area contributed by atoms with Crippen LogP contribution in [0.4, 0.5) is 33.4 Å². The number of amides is 2. The van der Waals surface area contributed by atoms with E-state index in [1.165, 1.54) is 19.2 Å². The van der Waals surface area contributed by atoms with E-state index in [0.717, 1.165) is 17.2 Å². The molecule has 1 heterocycles. The van der Waals surface area contributed by atoms with E-state index in [4.69, 9.17) is 21.1 Å². The number of carbonyl (C=O) groups excluding carboxylic acids is 1. The van der Waals surface area contributed by atoms with Crippen LogP contribution in [0.15, 0.2) is 85.1 Å². The fourth-order valence-electron chi connectivity index (χ4n) is 4.98. The zero-order chi connectivity index (χ0) is 35.5. The second kappa shape index (κ2) is 13.9. The molecule has 12 nitrogen and oxygen atoms in total. The topological polar surface area (TPSA) is 168 Å². The number of hydrogen-bond donors (Lipinski definition) is 5. The number of rotatable bonds is 10. The third kappa shape index (κ3) is 8.50. The first-order chi connectivity index (χ1) is 23.1. The van der Waals surface area contributed by atoms with Gasteiger partial charge in [-0.25, -0.2) is 23.0 Å². The van der Waals surface area contributed by atoms with E-state index in [1.807, 2.05) is 45.0 Å². The number of fused-ring (bicyclic) bond motifs is 1. The van der Waals surface area contributed by atoms with Gasteiger partial charge in [-0.1, -0.05) is 56.6 Å². The summed E-state index contributed by atoms with van der Waals surface area (Å²) in [6.07, 6.45) is 2.60. The van der Waals surface area contributed by atoms with E-state index < -0.39 is 22.0 Å². The number of pyridine rings is 1. The molecule has 0 spiro atoms. The van der Waals surface area contributed by atoms with E-state index in [9.17, 15) is 23.1 Å². The van der Waals surface area contributed by atoms with Crippen molar-refractivity contribution in [1.29, 1.82) is 0 Å². The van der Waals surface area contributed by atoms with Gasteiger partial charge in [-0.3, -0.25) is 4.72 Å². The summed E-state index contributed by atoms with van der Waals surface area (Å²) in [6.45, 7) is 5.92. The number of ether oxygens (including phenoxy) is 2. The highest BCUT2D eigenvalue weighted by atomic mass is 35.5. The Hall–Kier alpha value is -5.53. The fraction of sp³-hybridized carbons (Fsp3) is 0.171. The third-order valence-electron chi connectivity index (χ3n) is 7.27. The fourth-order valence-corrected chi connectivity index (χ4v) is 5.79. The minimum Gasteiger partial charge on any atom is -0.492 e. The largest absolute Gasteiger partial charge is 0.492 e. The number of carboxylic acid groups (broad SMARTS) is 1. The monoisotopic (exact) mass is 703 g/mol. The number of nitrogens with one attached hydrogen (secondary N) is 4. The summed E-state index contributed by atoms with van der Waals surface area (Å²) in [5.74, 6) is 0.469. The van der Waals surface area contributed by atoms with E-state index >= 15 is 0 Å². The average Bonchev–Trinajstić information content (AvgIpc) is 3.01. The number of urea groups is 1. The maximum absolute atomic E-state index is 13.4. The maximum atomic E-state index is 13.4. The van der Waals surface area contributed by atoms with Gasteiger partial charge in [0.1, 0.15) is 17.3 Å². The Bertz CT molecular complexity index is 2190. The van der Waals surface area contributed by atoms with Crippen LogP contribution in [0.1, 0.15) is 36.7 Å². The number of carboxylic acids is 1. The highest BCUT2D eigenvalue weighted by molar-refractivity contribution is 7.92. The summed E-state index contributed by atoms with van der Waals surface area (Å²) in [6, 6.07) is 21.5. The molecule has 49 heavy (non-hydrogen) atoms. The molecule has 0 radical (unpaired) electrons. The van der Waals surface area contributed by atoms with Crippen LogP contribution in [-0.2, 0) is 15.4 Å². The summed E-state index contributed by atoms with van der Waals surface area (Å²) in [4.78, 5) is 29.0. The minimum absolute atomic E-state index is 0.00920. The number of aromatic carboxylic acids is 1. The third-order valence-corrected chi connectivity index (χ3v) is 8.17. The second-order valence-corrected chi connectivity index (χ2v) is 14.2. The Balaban J connectivity index is 1.38. The highest BCUT2D eigenvalue weighted by Crippen LogP contribution is 2.40. The normalized spacial score (nSPS) is 11.5. The average molecular weight is 704 g/mol. The molecule has 254 valence electrons. The molecule has 1 aromatic heterocycles. The number of nitrogens with zero attached hydrogens (tertiary/aromatic N) is 1. The number of aromatic nitrogens is 1. The molecule has 0 bridgehead atoms. The van der Waals surface area contributed by atoms with Crippen LogP contribution >= 0.6 is 11.6 Å². The lowest BCUT2D eigenvalue weighted by molar-refractivity contribution is 0.0697. The zero-order valence-electron chi connectivity index (χ0n) is 27.2. The van der Waals surface area contributed by atoms with Crippen molar-refractivity contribution in [2.24, 2.45) is 0 Å². The van der Waals surface area contributed by atoms with Gasteiger partial charge >= 0.3 is 12.0 Å². The highest BCUT2D eigenvalue weighted by Gasteiger charge is 2.22. The number of anilines is 5. The summed E-state index contributed by atoms with van der Waals surface area (Å²) in [5.41, 5.74) is 1.93. The molecule has 5 N–H and O–H groups in total. The molecule has 2 amide bonds. The molecule has 0 aliphatic heterocycles. The first kappa shape index (κ1) is 34.8. The maximum Gasteiger partial charge on any atom is 0.337 e. The van der Waals surface area contributed by atoms with Crippen molar-refractivity contribution in [3.05, 3.63) is 101 Å². The van der Waals surface area contributed by atoms with Crippen LogP contribution in [0.3, 0.4) is 0 Å². The molecule has 0 saturated heterocycles. The van der Waals surface area contributed by atoms with Crippen LogP contribution in [-0.4, -0.2) is 43.9 Å². The molecule has 0 aliphatic carbocycles. The Kier molecular flexibility index (Phi) is 9.88. The predicted molar refractivity (Wildman–Crippen MR) is 193 cm³/mol. The van der Waals surface area contributed by atoms with Gasteiger partial charge in [0.2, 0.25) is 10.0 Å². The minimum atomic E-state index is -3.64. The first-order valence-corrected chi connectivity index (χ1v) is 17.1. The van der Waals surface area contributed by atoms with Gasteiger partial charge in [0.05, 0.1) is 41.0 Å². The van der Waals surface area contributed by atoms with Gasteiger partial charge in [-0.05, 0) is 59.5 Å². The van der Waals surface area contributed by atoms with E-state index in [1.54, 1.807) is 48.7 Å².